The number of aryl methyl sites for hydroxylation is 2. The number of benzene rings is 3. The van der Waals surface area contributed by atoms with Crippen LogP contribution in [0, 0.1) is 0 Å². The average Bonchev–Trinajstić information content (AvgIpc) is 2.89. The molecule has 1 heteroatoms. The highest BCUT2D eigenvalue weighted by atomic mass is 16.5. The zero-order valence-electron chi connectivity index (χ0n) is 21.5. The van der Waals surface area contributed by atoms with Crippen LogP contribution in [0.1, 0.15) is 94.7 Å². The quantitative estimate of drug-likeness (QED) is 0.195. The highest BCUT2D eigenvalue weighted by Gasteiger charge is 2.02. The van der Waals surface area contributed by atoms with Gasteiger partial charge in [0.2, 0.25) is 0 Å². The first-order valence-corrected chi connectivity index (χ1v) is 13.7. The lowest BCUT2D eigenvalue weighted by Gasteiger charge is -2.09. The lowest BCUT2D eigenvalue weighted by Crippen LogP contribution is -1.96. The number of hydrogen-bond acceptors (Lipinski definition) is 1. The van der Waals surface area contributed by atoms with E-state index in [1.165, 1.54) is 105 Å². The summed E-state index contributed by atoms with van der Waals surface area (Å²) in [6.45, 7) is 5.14. The van der Waals surface area contributed by atoms with Gasteiger partial charge in [-0.2, -0.15) is 0 Å². The number of unbranched alkanes of at least 4 members (excludes halogenated alkanes) is 8. The van der Waals surface area contributed by atoms with E-state index in [0.29, 0.717) is 6.61 Å². The molecule has 34 heavy (non-hydrogen) atoms. The summed E-state index contributed by atoms with van der Waals surface area (Å²) in [5.41, 5.74) is 6.61. The first-order chi connectivity index (χ1) is 16.8. The topological polar surface area (TPSA) is 9.23 Å². The predicted molar refractivity (Wildman–Crippen MR) is 148 cm³/mol. The number of ether oxygens (including phenoxy) is 1. The van der Waals surface area contributed by atoms with Gasteiger partial charge in [-0.1, -0.05) is 126 Å². The Hall–Kier alpha value is -2.54. The monoisotopic (exact) mass is 456 g/mol. The van der Waals surface area contributed by atoms with Gasteiger partial charge in [0, 0.05) is 0 Å². The number of rotatable bonds is 16. The molecule has 0 saturated heterocycles. The van der Waals surface area contributed by atoms with Gasteiger partial charge in [0.15, 0.2) is 0 Å². The maximum atomic E-state index is 6.03. The Balaban J connectivity index is 1.40. The summed E-state index contributed by atoms with van der Waals surface area (Å²) in [7, 11) is 0. The Morgan fingerprint density at radius 2 is 0.853 bits per heavy atom. The molecule has 3 rings (SSSR count). The second-order valence-electron chi connectivity index (χ2n) is 9.65. The highest BCUT2D eigenvalue weighted by Crippen LogP contribution is 2.22. The van der Waals surface area contributed by atoms with Crippen LogP contribution in [0.25, 0.3) is 11.1 Å². The van der Waals surface area contributed by atoms with Crippen molar-refractivity contribution < 1.29 is 4.74 Å². The van der Waals surface area contributed by atoms with E-state index in [1.54, 1.807) is 0 Å². The van der Waals surface area contributed by atoms with Crippen LogP contribution in [-0.4, -0.2) is 0 Å². The molecule has 0 unspecified atom stereocenters. The summed E-state index contributed by atoms with van der Waals surface area (Å²) in [6.07, 6.45) is 15.7. The summed E-state index contributed by atoms with van der Waals surface area (Å²) in [5.74, 6) is 0.949. The third-order valence-corrected chi connectivity index (χ3v) is 6.71. The van der Waals surface area contributed by atoms with Gasteiger partial charge in [-0.3, -0.25) is 0 Å². The van der Waals surface area contributed by atoms with E-state index in [-0.39, 0.29) is 0 Å². The van der Waals surface area contributed by atoms with Crippen molar-refractivity contribution in [2.24, 2.45) is 0 Å². The van der Waals surface area contributed by atoms with Crippen LogP contribution in [0.2, 0.25) is 0 Å². The standard InChI is InChI=1S/C33H44O/c1-3-5-7-9-10-12-14-29-19-25-33(26-20-29)34-27-30-17-23-32(24-18-30)31-21-15-28(16-22-31)13-11-8-6-4-2/h15-26H,3-14,27H2,1-2H3. The van der Waals surface area contributed by atoms with Gasteiger partial charge < -0.3 is 4.74 Å². The summed E-state index contributed by atoms with van der Waals surface area (Å²) in [6, 6.07) is 26.5. The third-order valence-electron chi connectivity index (χ3n) is 6.71. The normalized spacial score (nSPS) is 11.0. The van der Waals surface area contributed by atoms with Gasteiger partial charge in [-0.25, -0.2) is 0 Å². The van der Waals surface area contributed by atoms with E-state index in [2.05, 4.69) is 86.6 Å². The lowest BCUT2D eigenvalue weighted by atomic mass is 10.0. The maximum Gasteiger partial charge on any atom is 0.119 e. The predicted octanol–water partition coefficient (Wildman–Crippen LogP) is 9.96. The number of hydrogen-bond donors (Lipinski definition) is 0. The molecule has 3 aromatic carbocycles. The van der Waals surface area contributed by atoms with Gasteiger partial charge >= 0.3 is 0 Å². The van der Waals surface area contributed by atoms with Crippen molar-refractivity contribution in [2.75, 3.05) is 0 Å². The molecule has 0 heterocycles. The van der Waals surface area contributed by atoms with Crippen LogP contribution in [0.4, 0.5) is 0 Å². The van der Waals surface area contributed by atoms with E-state index in [4.69, 9.17) is 4.74 Å². The summed E-state index contributed by atoms with van der Waals surface area (Å²) >= 11 is 0. The van der Waals surface area contributed by atoms with Gasteiger partial charge in [0.1, 0.15) is 12.4 Å². The average molecular weight is 457 g/mol. The van der Waals surface area contributed by atoms with E-state index in [9.17, 15) is 0 Å². The molecule has 1 nitrogen and oxygen atoms in total. The molecule has 0 fully saturated rings. The minimum Gasteiger partial charge on any atom is -0.489 e. The van der Waals surface area contributed by atoms with Crippen molar-refractivity contribution >= 4 is 0 Å². The van der Waals surface area contributed by atoms with Crippen molar-refractivity contribution in [3.63, 3.8) is 0 Å². The van der Waals surface area contributed by atoms with Gasteiger partial charge in [0.25, 0.3) is 0 Å². The highest BCUT2D eigenvalue weighted by molar-refractivity contribution is 5.64. The summed E-state index contributed by atoms with van der Waals surface area (Å²) in [4.78, 5) is 0. The fourth-order valence-corrected chi connectivity index (χ4v) is 4.44. The molecule has 182 valence electrons. The molecule has 0 aliphatic heterocycles. The summed E-state index contributed by atoms with van der Waals surface area (Å²) in [5, 5.41) is 0. The second-order valence-corrected chi connectivity index (χ2v) is 9.65. The Kier molecular flexibility index (Phi) is 11.8. The zero-order valence-corrected chi connectivity index (χ0v) is 21.5. The van der Waals surface area contributed by atoms with Crippen molar-refractivity contribution in [1.29, 1.82) is 0 Å². The summed E-state index contributed by atoms with van der Waals surface area (Å²) < 4.78 is 6.03. The Labute approximate surface area is 208 Å². The van der Waals surface area contributed by atoms with E-state index in [0.717, 1.165) is 5.75 Å². The van der Waals surface area contributed by atoms with E-state index < -0.39 is 0 Å². The smallest absolute Gasteiger partial charge is 0.119 e. The molecule has 0 radical (unpaired) electrons. The molecule has 0 saturated carbocycles. The largest absolute Gasteiger partial charge is 0.489 e. The van der Waals surface area contributed by atoms with Crippen LogP contribution in [0.15, 0.2) is 72.8 Å². The molecule has 0 N–H and O–H groups in total. The Morgan fingerprint density at radius 3 is 1.38 bits per heavy atom. The van der Waals surface area contributed by atoms with Crippen LogP contribution in [0.5, 0.6) is 5.75 Å². The van der Waals surface area contributed by atoms with Crippen molar-refractivity contribution in [2.45, 2.75) is 97.5 Å². The molecular formula is C33H44O. The van der Waals surface area contributed by atoms with E-state index >= 15 is 0 Å². The lowest BCUT2D eigenvalue weighted by molar-refractivity contribution is 0.306. The Bertz CT molecular complexity index is 906. The first-order valence-electron chi connectivity index (χ1n) is 13.7. The van der Waals surface area contributed by atoms with Crippen LogP contribution < -0.4 is 4.74 Å². The molecule has 0 bridgehead atoms. The molecule has 0 aliphatic carbocycles. The second kappa shape index (κ2) is 15.4. The van der Waals surface area contributed by atoms with Crippen molar-refractivity contribution in [1.82, 2.24) is 0 Å². The first kappa shape index (κ1) is 26.1. The zero-order chi connectivity index (χ0) is 23.8. The third kappa shape index (κ3) is 9.37. The van der Waals surface area contributed by atoms with Gasteiger partial charge in [-0.15, -0.1) is 0 Å². The molecule has 3 aromatic rings. The van der Waals surface area contributed by atoms with Gasteiger partial charge in [0.05, 0.1) is 0 Å². The molecule has 0 aromatic heterocycles. The molecule has 0 amide bonds. The van der Waals surface area contributed by atoms with Crippen LogP contribution in [-0.2, 0) is 19.4 Å². The van der Waals surface area contributed by atoms with Crippen molar-refractivity contribution in [3.8, 4) is 16.9 Å². The van der Waals surface area contributed by atoms with Gasteiger partial charge in [-0.05, 0) is 65.6 Å². The Morgan fingerprint density at radius 1 is 0.441 bits per heavy atom. The molecular weight excluding hydrogens is 412 g/mol. The molecule has 0 atom stereocenters. The molecule has 0 aliphatic rings. The van der Waals surface area contributed by atoms with Crippen LogP contribution in [0.3, 0.4) is 0 Å². The van der Waals surface area contributed by atoms with E-state index in [1.807, 2.05) is 0 Å². The van der Waals surface area contributed by atoms with Crippen LogP contribution >= 0.6 is 0 Å². The molecule has 0 spiro atoms. The minimum atomic E-state index is 0.605. The fraction of sp³-hybridized carbons (Fsp3) is 0.455. The fourth-order valence-electron chi connectivity index (χ4n) is 4.44. The van der Waals surface area contributed by atoms with Crippen molar-refractivity contribution in [3.05, 3.63) is 89.5 Å². The SMILES string of the molecule is CCCCCCCCc1ccc(OCc2ccc(-c3ccc(CCCCCC)cc3)cc2)cc1. The maximum absolute atomic E-state index is 6.03. The minimum absolute atomic E-state index is 0.605.